The van der Waals surface area contributed by atoms with Crippen molar-refractivity contribution in [3.63, 3.8) is 0 Å². The maximum absolute atomic E-state index is 9.25. The summed E-state index contributed by atoms with van der Waals surface area (Å²) in [6, 6.07) is 8.12. The van der Waals surface area contributed by atoms with Crippen LogP contribution in [0.4, 0.5) is 5.13 Å². The van der Waals surface area contributed by atoms with Crippen molar-refractivity contribution in [2.75, 3.05) is 11.9 Å². The second-order valence-electron chi connectivity index (χ2n) is 4.16. The fraction of sp³-hybridized carbons (Fsp3) is 0.417. The summed E-state index contributed by atoms with van der Waals surface area (Å²) >= 11 is 1.63. The second-order valence-corrected chi connectivity index (χ2v) is 5.19. The van der Waals surface area contributed by atoms with E-state index in [0.717, 1.165) is 10.6 Å². The van der Waals surface area contributed by atoms with Crippen LogP contribution < -0.4 is 5.32 Å². The lowest BCUT2D eigenvalue weighted by molar-refractivity contribution is 0.249. The minimum atomic E-state index is 0.0700. The summed E-state index contributed by atoms with van der Waals surface area (Å²) < 4.78 is 1.17. The summed E-state index contributed by atoms with van der Waals surface area (Å²) in [5, 5.41) is 13.4. The summed E-state index contributed by atoms with van der Waals surface area (Å²) in [5.41, 5.74) is 1.01. The van der Waals surface area contributed by atoms with E-state index in [1.807, 2.05) is 18.2 Å². The number of aliphatic hydroxyl groups excluding tert-OH is 1. The van der Waals surface area contributed by atoms with Crippen LogP contribution in [0.15, 0.2) is 24.3 Å². The molecule has 16 heavy (non-hydrogen) atoms. The number of thiazole rings is 1. The first kappa shape index (κ1) is 11.4. The lowest BCUT2D eigenvalue weighted by Gasteiger charge is -2.18. The molecule has 0 spiro atoms. The van der Waals surface area contributed by atoms with E-state index in [2.05, 4.69) is 30.2 Å². The van der Waals surface area contributed by atoms with E-state index in [9.17, 15) is 5.11 Å². The number of rotatable bonds is 4. The highest BCUT2D eigenvalue weighted by molar-refractivity contribution is 7.22. The molecule has 0 aliphatic carbocycles. The van der Waals surface area contributed by atoms with Gasteiger partial charge in [0.05, 0.1) is 22.9 Å². The molecular formula is C12H16N2OS. The molecule has 0 saturated carbocycles. The lowest BCUT2D eigenvalue weighted by atomic mass is 10.1. The predicted molar refractivity (Wildman–Crippen MR) is 69.0 cm³/mol. The zero-order valence-corrected chi connectivity index (χ0v) is 10.3. The molecular weight excluding hydrogens is 220 g/mol. The molecule has 0 radical (unpaired) electrons. The molecule has 86 valence electrons. The summed E-state index contributed by atoms with van der Waals surface area (Å²) in [6.07, 6.45) is 0. The predicted octanol–water partition coefficient (Wildman–Crippen LogP) is 2.73. The molecule has 0 saturated heterocycles. The number of hydrogen-bond acceptors (Lipinski definition) is 4. The Bertz CT molecular complexity index is 434. The molecule has 2 N–H and O–H groups in total. The lowest BCUT2D eigenvalue weighted by Crippen LogP contribution is -2.29. The highest BCUT2D eigenvalue weighted by Gasteiger charge is 2.13. The molecule has 1 unspecified atom stereocenters. The minimum Gasteiger partial charge on any atom is -0.394 e. The van der Waals surface area contributed by atoms with Crippen LogP contribution in [0, 0.1) is 5.92 Å². The van der Waals surface area contributed by atoms with Gasteiger partial charge in [0.15, 0.2) is 5.13 Å². The highest BCUT2D eigenvalue weighted by atomic mass is 32.1. The molecule has 0 aliphatic heterocycles. The minimum absolute atomic E-state index is 0.0700. The standard InChI is InChI=1S/C12H16N2OS/c1-8(2)10(7-15)14-12-13-9-5-3-4-6-11(9)16-12/h3-6,8,10,15H,7H2,1-2H3,(H,13,14). The summed E-state index contributed by atoms with van der Waals surface area (Å²) in [6.45, 7) is 4.30. The van der Waals surface area contributed by atoms with Crippen molar-refractivity contribution in [1.29, 1.82) is 0 Å². The molecule has 0 fully saturated rings. The van der Waals surface area contributed by atoms with Crippen LogP contribution in [0.5, 0.6) is 0 Å². The van der Waals surface area contributed by atoms with Crippen molar-refractivity contribution in [2.45, 2.75) is 19.9 Å². The molecule has 0 bridgehead atoms. The Kier molecular flexibility index (Phi) is 3.41. The van der Waals surface area contributed by atoms with E-state index in [-0.39, 0.29) is 12.6 Å². The van der Waals surface area contributed by atoms with Crippen LogP contribution in [-0.2, 0) is 0 Å². The van der Waals surface area contributed by atoms with Gasteiger partial charge in [-0.05, 0) is 18.1 Å². The van der Waals surface area contributed by atoms with Gasteiger partial charge in [0, 0.05) is 0 Å². The van der Waals surface area contributed by atoms with Crippen molar-refractivity contribution < 1.29 is 5.11 Å². The monoisotopic (exact) mass is 236 g/mol. The van der Waals surface area contributed by atoms with Gasteiger partial charge in [0.25, 0.3) is 0 Å². The number of para-hydroxylation sites is 1. The van der Waals surface area contributed by atoms with Gasteiger partial charge in [-0.1, -0.05) is 37.3 Å². The maximum atomic E-state index is 9.25. The van der Waals surface area contributed by atoms with E-state index >= 15 is 0 Å². The van der Waals surface area contributed by atoms with Crippen LogP contribution in [0.1, 0.15) is 13.8 Å². The average Bonchev–Trinajstić information content (AvgIpc) is 2.67. The Morgan fingerprint density at radius 2 is 2.12 bits per heavy atom. The number of nitrogens with one attached hydrogen (secondary N) is 1. The number of aromatic nitrogens is 1. The van der Waals surface area contributed by atoms with Crippen LogP contribution in [0.2, 0.25) is 0 Å². The molecule has 1 heterocycles. The summed E-state index contributed by atoms with van der Waals surface area (Å²) in [5.74, 6) is 0.386. The Balaban J connectivity index is 2.20. The molecule has 1 atom stereocenters. The Labute approximate surface area is 99.1 Å². The van der Waals surface area contributed by atoms with Gasteiger partial charge in [-0.15, -0.1) is 0 Å². The van der Waals surface area contributed by atoms with Crippen LogP contribution in [0.3, 0.4) is 0 Å². The number of benzene rings is 1. The fourth-order valence-corrected chi connectivity index (χ4v) is 2.44. The van der Waals surface area contributed by atoms with Crippen molar-refractivity contribution in [1.82, 2.24) is 4.98 Å². The first-order chi connectivity index (χ1) is 7.70. The number of anilines is 1. The summed E-state index contributed by atoms with van der Waals surface area (Å²) in [7, 11) is 0. The molecule has 4 heteroatoms. The van der Waals surface area contributed by atoms with Gasteiger partial charge >= 0.3 is 0 Å². The van der Waals surface area contributed by atoms with Gasteiger partial charge in [0.2, 0.25) is 0 Å². The number of hydrogen-bond donors (Lipinski definition) is 2. The van der Waals surface area contributed by atoms with E-state index in [1.54, 1.807) is 11.3 Å². The third kappa shape index (κ3) is 2.33. The van der Waals surface area contributed by atoms with E-state index in [0.29, 0.717) is 5.92 Å². The smallest absolute Gasteiger partial charge is 0.184 e. The number of fused-ring (bicyclic) bond motifs is 1. The Hall–Kier alpha value is -1.13. The normalized spacial score (nSPS) is 13.2. The zero-order valence-electron chi connectivity index (χ0n) is 9.47. The van der Waals surface area contributed by atoms with Gasteiger partial charge in [-0.3, -0.25) is 0 Å². The Morgan fingerprint density at radius 1 is 1.38 bits per heavy atom. The third-order valence-corrected chi connectivity index (χ3v) is 3.57. The molecule has 0 amide bonds. The SMILES string of the molecule is CC(C)C(CO)Nc1nc2ccccc2s1. The first-order valence-electron chi connectivity index (χ1n) is 5.43. The highest BCUT2D eigenvalue weighted by Crippen LogP contribution is 2.26. The molecule has 2 aromatic rings. The first-order valence-corrected chi connectivity index (χ1v) is 6.25. The van der Waals surface area contributed by atoms with E-state index in [1.165, 1.54) is 4.70 Å². The zero-order chi connectivity index (χ0) is 11.5. The van der Waals surface area contributed by atoms with Gasteiger partial charge in [-0.25, -0.2) is 4.98 Å². The Morgan fingerprint density at radius 3 is 2.75 bits per heavy atom. The van der Waals surface area contributed by atoms with Gasteiger partial charge in [-0.2, -0.15) is 0 Å². The second kappa shape index (κ2) is 4.80. The van der Waals surface area contributed by atoms with Crippen LogP contribution in [0.25, 0.3) is 10.2 Å². The fourth-order valence-electron chi connectivity index (χ4n) is 1.52. The van der Waals surface area contributed by atoms with Crippen molar-refractivity contribution in [3.05, 3.63) is 24.3 Å². The largest absolute Gasteiger partial charge is 0.394 e. The molecule has 1 aromatic carbocycles. The topological polar surface area (TPSA) is 45.1 Å². The summed E-state index contributed by atoms with van der Waals surface area (Å²) in [4.78, 5) is 4.48. The maximum Gasteiger partial charge on any atom is 0.184 e. The van der Waals surface area contributed by atoms with Crippen LogP contribution in [-0.4, -0.2) is 22.7 Å². The van der Waals surface area contributed by atoms with Crippen molar-refractivity contribution in [3.8, 4) is 0 Å². The molecule has 2 rings (SSSR count). The number of nitrogens with zero attached hydrogens (tertiary/aromatic N) is 1. The van der Waals surface area contributed by atoms with E-state index in [4.69, 9.17) is 0 Å². The number of aliphatic hydroxyl groups is 1. The van der Waals surface area contributed by atoms with E-state index < -0.39 is 0 Å². The molecule has 3 nitrogen and oxygen atoms in total. The van der Waals surface area contributed by atoms with Crippen molar-refractivity contribution in [2.24, 2.45) is 5.92 Å². The van der Waals surface area contributed by atoms with Gasteiger partial charge in [0.1, 0.15) is 0 Å². The van der Waals surface area contributed by atoms with Gasteiger partial charge < -0.3 is 10.4 Å². The third-order valence-electron chi connectivity index (χ3n) is 2.60. The molecule has 0 aliphatic rings. The average molecular weight is 236 g/mol. The van der Waals surface area contributed by atoms with Crippen molar-refractivity contribution >= 4 is 26.7 Å². The van der Waals surface area contributed by atoms with Crippen LogP contribution >= 0.6 is 11.3 Å². The quantitative estimate of drug-likeness (QED) is 0.858. The molecule has 1 aromatic heterocycles.